The Hall–Kier alpha value is -2.52. The molecule has 1 aromatic rings. The molecule has 1 amide bonds. The number of ether oxygens (including phenoxy) is 4. The number of esters is 1. The first-order chi connectivity index (χ1) is 15.0. The molecular formula is C22H28N2O6S. The van der Waals surface area contributed by atoms with Crippen molar-refractivity contribution in [3.63, 3.8) is 0 Å². The van der Waals surface area contributed by atoms with Gasteiger partial charge in [-0.1, -0.05) is 17.8 Å². The molecule has 1 atom stereocenters. The molecule has 1 unspecified atom stereocenters. The lowest BCUT2D eigenvalue weighted by atomic mass is 9.93. The van der Waals surface area contributed by atoms with Crippen LogP contribution in [0.5, 0.6) is 11.5 Å². The van der Waals surface area contributed by atoms with Gasteiger partial charge in [0.15, 0.2) is 16.7 Å². The van der Waals surface area contributed by atoms with Gasteiger partial charge < -0.3 is 18.9 Å². The molecule has 0 N–H and O–H groups in total. The van der Waals surface area contributed by atoms with Crippen LogP contribution in [0.25, 0.3) is 0 Å². The Labute approximate surface area is 186 Å². The lowest BCUT2D eigenvalue weighted by Gasteiger charge is -2.39. The summed E-state index contributed by atoms with van der Waals surface area (Å²) in [5.41, 5.74) is 1.60. The van der Waals surface area contributed by atoms with Crippen LogP contribution in [-0.2, 0) is 19.1 Å². The van der Waals surface area contributed by atoms with Crippen molar-refractivity contribution in [2.75, 3.05) is 39.3 Å². The van der Waals surface area contributed by atoms with Crippen LogP contribution in [0, 0.1) is 0 Å². The molecule has 3 rings (SSSR count). The van der Waals surface area contributed by atoms with Crippen molar-refractivity contribution < 1.29 is 28.5 Å². The number of allylic oxidation sites excluding steroid dienone is 1. The number of carbonyl (C=O) groups excluding carboxylic acids is 2. The summed E-state index contributed by atoms with van der Waals surface area (Å²) in [4.78, 5) is 32.1. The molecule has 0 bridgehead atoms. The van der Waals surface area contributed by atoms with E-state index < -0.39 is 12.0 Å². The Balaban J connectivity index is 2.08. The molecule has 2 aliphatic heterocycles. The molecule has 0 aromatic heterocycles. The topological polar surface area (TPSA) is 86.7 Å². The summed E-state index contributed by atoms with van der Waals surface area (Å²) < 4.78 is 21.8. The number of fused-ring (bicyclic) bond motifs is 1. The van der Waals surface area contributed by atoms with Gasteiger partial charge in [-0.05, 0) is 38.5 Å². The largest absolute Gasteiger partial charge is 0.490 e. The van der Waals surface area contributed by atoms with Crippen molar-refractivity contribution in [3.8, 4) is 11.5 Å². The average Bonchev–Trinajstić information content (AvgIpc) is 2.74. The van der Waals surface area contributed by atoms with Crippen LogP contribution >= 0.6 is 11.8 Å². The number of aliphatic imine (C=N–C) groups is 1. The summed E-state index contributed by atoms with van der Waals surface area (Å²) in [6, 6.07) is 4.83. The first kappa shape index (κ1) is 23.1. The maximum Gasteiger partial charge on any atom is 0.338 e. The van der Waals surface area contributed by atoms with Crippen LogP contribution in [0.3, 0.4) is 0 Å². The maximum atomic E-state index is 13.0. The van der Waals surface area contributed by atoms with E-state index in [1.165, 1.54) is 18.9 Å². The van der Waals surface area contributed by atoms with Crippen molar-refractivity contribution in [1.29, 1.82) is 0 Å². The van der Waals surface area contributed by atoms with E-state index in [0.29, 0.717) is 53.3 Å². The fourth-order valence-electron chi connectivity index (χ4n) is 3.51. The van der Waals surface area contributed by atoms with Gasteiger partial charge in [-0.25, -0.2) is 9.79 Å². The highest BCUT2D eigenvalue weighted by molar-refractivity contribution is 8.14. The average molecular weight is 449 g/mol. The maximum absolute atomic E-state index is 13.0. The second kappa shape index (κ2) is 10.7. The van der Waals surface area contributed by atoms with E-state index in [1.54, 1.807) is 17.9 Å². The standard InChI is InChI=1S/C22H28N2O6S/c1-5-28-16-8-7-15(13-17(16)29-6-2)20-19(21(26)30-11-10-27-4)14(3)23-22-24(20)18(25)9-12-31-22/h7-8,13,20H,5-6,9-12H2,1-4H3. The van der Waals surface area contributed by atoms with E-state index in [4.69, 9.17) is 18.9 Å². The van der Waals surface area contributed by atoms with Crippen LogP contribution in [0.4, 0.5) is 0 Å². The van der Waals surface area contributed by atoms with Gasteiger partial charge in [0.25, 0.3) is 0 Å². The second-order valence-corrected chi connectivity index (χ2v) is 7.92. The summed E-state index contributed by atoms with van der Waals surface area (Å²) >= 11 is 1.51. The van der Waals surface area contributed by atoms with Crippen molar-refractivity contribution in [3.05, 3.63) is 35.0 Å². The van der Waals surface area contributed by atoms with Gasteiger partial charge in [-0.2, -0.15) is 0 Å². The van der Waals surface area contributed by atoms with Crippen molar-refractivity contribution >= 4 is 28.8 Å². The van der Waals surface area contributed by atoms with Gasteiger partial charge in [0.2, 0.25) is 5.91 Å². The van der Waals surface area contributed by atoms with E-state index >= 15 is 0 Å². The zero-order valence-corrected chi connectivity index (χ0v) is 19.1. The number of amidine groups is 1. The number of carbonyl (C=O) groups is 2. The van der Waals surface area contributed by atoms with Crippen LogP contribution < -0.4 is 9.47 Å². The van der Waals surface area contributed by atoms with E-state index in [2.05, 4.69) is 4.99 Å². The van der Waals surface area contributed by atoms with E-state index in [-0.39, 0.29) is 19.1 Å². The Kier molecular flexibility index (Phi) is 7.97. The smallest absolute Gasteiger partial charge is 0.338 e. The van der Waals surface area contributed by atoms with E-state index in [9.17, 15) is 9.59 Å². The SMILES string of the molecule is CCOc1ccc(C2C(C(=O)OCCOC)=C(C)N=C3SCCC(=O)N32)cc1OCC. The fourth-order valence-corrected chi connectivity index (χ4v) is 4.51. The second-order valence-electron chi connectivity index (χ2n) is 6.86. The minimum atomic E-state index is -0.655. The van der Waals surface area contributed by atoms with Gasteiger partial charge in [-0.3, -0.25) is 9.69 Å². The Morgan fingerprint density at radius 1 is 1.19 bits per heavy atom. The minimum absolute atomic E-state index is 0.0796. The Bertz CT molecular complexity index is 898. The van der Waals surface area contributed by atoms with Crippen molar-refractivity contribution in [2.45, 2.75) is 33.2 Å². The molecule has 9 heteroatoms. The number of hydrogen-bond donors (Lipinski definition) is 0. The lowest BCUT2D eigenvalue weighted by molar-refractivity contribution is -0.141. The molecule has 8 nitrogen and oxygen atoms in total. The third kappa shape index (κ3) is 5.04. The Morgan fingerprint density at radius 2 is 1.94 bits per heavy atom. The molecule has 2 heterocycles. The van der Waals surface area contributed by atoms with Gasteiger partial charge in [0.05, 0.1) is 37.1 Å². The number of benzene rings is 1. The van der Waals surface area contributed by atoms with Crippen LogP contribution in [0.15, 0.2) is 34.5 Å². The Morgan fingerprint density at radius 3 is 2.65 bits per heavy atom. The molecule has 31 heavy (non-hydrogen) atoms. The van der Waals surface area contributed by atoms with Crippen LogP contribution in [0.2, 0.25) is 0 Å². The van der Waals surface area contributed by atoms with Gasteiger partial charge in [0.1, 0.15) is 6.61 Å². The third-order valence-corrected chi connectivity index (χ3v) is 5.78. The van der Waals surface area contributed by atoms with Gasteiger partial charge in [-0.15, -0.1) is 0 Å². The predicted molar refractivity (Wildman–Crippen MR) is 118 cm³/mol. The number of amides is 1. The predicted octanol–water partition coefficient (Wildman–Crippen LogP) is 3.32. The van der Waals surface area contributed by atoms with Gasteiger partial charge >= 0.3 is 5.97 Å². The molecular weight excluding hydrogens is 420 g/mol. The van der Waals surface area contributed by atoms with Crippen molar-refractivity contribution in [1.82, 2.24) is 4.90 Å². The summed E-state index contributed by atoms with van der Waals surface area (Å²) in [6.07, 6.45) is 0.376. The number of hydrogen-bond acceptors (Lipinski definition) is 8. The molecule has 1 saturated heterocycles. The highest BCUT2D eigenvalue weighted by Crippen LogP contribution is 2.42. The normalized spacial score (nSPS) is 18.5. The molecule has 0 saturated carbocycles. The number of rotatable bonds is 9. The lowest BCUT2D eigenvalue weighted by Crippen LogP contribution is -2.45. The summed E-state index contributed by atoms with van der Waals surface area (Å²) in [7, 11) is 1.54. The monoisotopic (exact) mass is 448 g/mol. The number of methoxy groups -OCH3 is 1. The highest BCUT2D eigenvalue weighted by Gasteiger charge is 2.42. The number of thioether (sulfide) groups is 1. The summed E-state index contributed by atoms with van der Waals surface area (Å²) in [5.74, 6) is 1.24. The summed E-state index contributed by atoms with van der Waals surface area (Å²) in [6.45, 7) is 6.91. The molecule has 168 valence electrons. The quantitative estimate of drug-likeness (QED) is 0.423. The molecule has 0 radical (unpaired) electrons. The molecule has 1 aromatic carbocycles. The van der Waals surface area contributed by atoms with Gasteiger partial charge in [0, 0.05) is 19.3 Å². The molecule has 0 aliphatic carbocycles. The first-order valence-electron chi connectivity index (χ1n) is 10.3. The third-order valence-electron chi connectivity index (χ3n) is 4.83. The number of nitrogens with zero attached hydrogens (tertiary/aromatic N) is 2. The minimum Gasteiger partial charge on any atom is -0.490 e. The zero-order chi connectivity index (χ0) is 22.4. The van der Waals surface area contributed by atoms with E-state index in [0.717, 1.165) is 5.56 Å². The fraction of sp³-hybridized carbons (Fsp3) is 0.500. The highest BCUT2D eigenvalue weighted by atomic mass is 32.2. The molecule has 0 spiro atoms. The van der Waals surface area contributed by atoms with Crippen molar-refractivity contribution in [2.24, 2.45) is 4.99 Å². The summed E-state index contributed by atoms with van der Waals surface area (Å²) in [5, 5.41) is 0.596. The van der Waals surface area contributed by atoms with E-state index in [1.807, 2.05) is 26.0 Å². The van der Waals surface area contributed by atoms with Crippen LogP contribution in [0.1, 0.15) is 38.8 Å². The van der Waals surface area contributed by atoms with Crippen LogP contribution in [-0.4, -0.2) is 61.2 Å². The molecule has 2 aliphatic rings. The molecule has 1 fully saturated rings. The zero-order valence-electron chi connectivity index (χ0n) is 18.3. The first-order valence-corrected chi connectivity index (χ1v) is 11.3.